The lowest BCUT2D eigenvalue weighted by molar-refractivity contribution is -0.140. The lowest BCUT2D eigenvalue weighted by atomic mass is 9.59. The smallest absolute Gasteiger partial charge is 0.234 e. The number of Topliss-reactive ketones (excluding diaryl/α,β-unsaturated/α-hetero) is 1. The Morgan fingerprint density at radius 3 is 2.65 bits per heavy atom. The zero-order chi connectivity index (χ0) is 26.0. The van der Waals surface area contributed by atoms with E-state index in [1.165, 1.54) is 29.4 Å². The fraction of sp³-hybridized carbons (Fsp3) is 0.286. The number of fused-ring (bicyclic) bond motifs is 3. The van der Waals surface area contributed by atoms with E-state index in [1.54, 1.807) is 18.2 Å². The summed E-state index contributed by atoms with van der Waals surface area (Å²) in [6.45, 7) is 0.226. The van der Waals surface area contributed by atoms with Gasteiger partial charge in [0.15, 0.2) is 23.1 Å². The van der Waals surface area contributed by atoms with Crippen LogP contribution in [0.1, 0.15) is 29.2 Å². The number of halogens is 1. The third-order valence-corrected chi connectivity index (χ3v) is 9.33. The number of benzene rings is 1. The largest absolute Gasteiger partial charge is 0.504 e. The van der Waals surface area contributed by atoms with E-state index in [0.29, 0.717) is 23.1 Å². The second-order valence-corrected chi connectivity index (χ2v) is 11.5. The van der Waals surface area contributed by atoms with Gasteiger partial charge in [-0.3, -0.25) is 24.1 Å². The van der Waals surface area contributed by atoms with E-state index in [-0.39, 0.29) is 52.3 Å². The number of amides is 2. The number of hydrogen-bond donors (Lipinski definition) is 1. The number of para-hydroxylation sites is 1. The average Bonchev–Trinajstić information content (AvgIpc) is 3.49. The van der Waals surface area contributed by atoms with Crippen LogP contribution >= 0.6 is 27.3 Å². The molecule has 2 amide bonds. The Morgan fingerprint density at radius 2 is 1.92 bits per heavy atom. The Bertz CT molecular complexity index is 1470. The molecule has 6 rings (SSSR count). The molecule has 0 radical (unpaired) electrons. The maximum atomic E-state index is 13.7. The van der Waals surface area contributed by atoms with Crippen molar-refractivity contribution in [2.75, 3.05) is 7.11 Å². The standard InChI is InChI=1S/C28H22BrNO6S/c1-36-21-6-2-5-15(26(21)33)22-14-7-8-16-23(28(35)30(27(16)34)12-13-4-3-9-37-13)17(14)10-18-24(22)20(31)11-19(29)25(18)32/h2-7,9,11,16-17,22-23,33H,8,10,12H2,1H3/t16-,17+,22+,23-/m0/s1. The van der Waals surface area contributed by atoms with Crippen molar-refractivity contribution in [1.82, 2.24) is 4.90 Å². The molecular formula is C28H22BrNO6S. The Labute approximate surface area is 225 Å². The summed E-state index contributed by atoms with van der Waals surface area (Å²) in [4.78, 5) is 55.9. The van der Waals surface area contributed by atoms with Crippen LogP contribution < -0.4 is 4.74 Å². The predicted octanol–water partition coefficient (Wildman–Crippen LogP) is 4.42. The molecule has 1 N–H and O–H groups in total. The molecule has 7 nitrogen and oxygen atoms in total. The number of nitrogens with zero attached hydrogens (tertiary/aromatic N) is 1. The summed E-state index contributed by atoms with van der Waals surface area (Å²) in [6, 6.07) is 8.82. The Morgan fingerprint density at radius 1 is 1.11 bits per heavy atom. The topological polar surface area (TPSA) is 101 Å². The summed E-state index contributed by atoms with van der Waals surface area (Å²) >= 11 is 4.71. The summed E-state index contributed by atoms with van der Waals surface area (Å²) in [5.41, 5.74) is 1.85. The van der Waals surface area contributed by atoms with Crippen LogP contribution in [0.5, 0.6) is 11.5 Å². The number of methoxy groups -OCH3 is 1. The zero-order valence-corrected chi connectivity index (χ0v) is 22.2. The molecule has 1 aliphatic heterocycles. The molecule has 4 aliphatic rings. The van der Waals surface area contributed by atoms with Crippen molar-refractivity contribution in [2.45, 2.75) is 25.3 Å². The summed E-state index contributed by atoms with van der Waals surface area (Å²) in [5.74, 6) is -3.28. The zero-order valence-electron chi connectivity index (χ0n) is 19.8. The second kappa shape index (κ2) is 8.92. The molecule has 0 unspecified atom stereocenters. The van der Waals surface area contributed by atoms with Gasteiger partial charge in [-0.05, 0) is 52.2 Å². The number of carbonyl (C=O) groups excluding carboxylic acids is 4. The molecule has 1 aromatic carbocycles. The lowest BCUT2D eigenvalue weighted by Crippen LogP contribution is -2.39. The molecule has 2 aromatic rings. The molecule has 0 bridgehead atoms. The number of phenols is 1. The van der Waals surface area contributed by atoms with Crippen molar-refractivity contribution in [1.29, 1.82) is 0 Å². The number of likely N-dealkylation sites (tertiary alicyclic amines) is 1. The number of aromatic hydroxyl groups is 1. The van der Waals surface area contributed by atoms with Gasteiger partial charge in [0.25, 0.3) is 0 Å². The molecule has 1 aromatic heterocycles. The van der Waals surface area contributed by atoms with Gasteiger partial charge in [0.1, 0.15) is 0 Å². The molecule has 1 fully saturated rings. The normalized spacial score (nSPS) is 27.0. The van der Waals surface area contributed by atoms with Crippen LogP contribution in [0.3, 0.4) is 0 Å². The first kappa shape index (κ1) is 24.1. The lowest BCUT2D eigenvalue weighted by Gasteiger charge is -2.42. The van der Waals surface area contributed by atoms with E-state index in [1.807, 2.05) is 23.6 Å². The molecule has 9 heteroatoms. The second-order valence-electron chi connectivity index (χ2n) is 9.63. The van der Waals surface area contributed by atoms with Gasteiger partial charge in [-0.2, -0.15) is 0 Å². The first-order chi connectivity index (χ1) is 17.8. The highest BCUT2D eigenvalue weighted by atomic mass is 79.9. The van der Waals surface area contributed by atoms with Gasteiger partial charge >= 0.3 is 0 Å². The molecule has 0 saturated carbocycles. The number of rotatable bonds is 4. The van der Waals surface area contributed by atoms with Gasteiger partial charge in [-0.25, -0.2) is 0 Å². The van der Waals surface area contributed by atoms with Crippen molar-refractivity contribution in [3.8, 4) is 11.5 Å². The molecule has 4 atom stereocenters. The summed E-state index contributed by atoms with van der Waals surface area (Å²) in [7, 11) is 1.44. The number of imide groups is 1. The van der Waals surface area contributed by atoms with Gasteiger partial charge in [0.2, 0.25) is 11.8 Å². The fourth-order valence-electron chi connectivity index (χ4n) is 6.28. The van der Waals surface area contributed by atoms with Crippen LogP contribution in [-0.2, 0) is 25.7 Å². The Kier molecular flexibility index (Phi) is 5.80. The van der Waals surface area contributed by atoms with Gasteiger partial charge in [0, 0.05) is 33.6 Å². The molecule has 0 spiro atoms. The number of hydrogen-bond acceptors (Lipinski definition) is 7. The van der Waals surface area contributed by atoms with Crippen LogP contribution in [-0.4, -0.2) is 40.5 Å². The van der Waals surface area contributed by atoms with Gasteiger partial charge in [-0.15, -0.1) is 11.3 Å². The number of carbonyl (C=O) groups is 4. The van der Waals surface area contributed by atoms with E-state index in [4.69, 9.17) is 4.74 Å². The van der Waals surface area contributed by atoms with Crippen LogP contribution in [0.15, 0.2) is 69.1 Å². The quantitative estimate of drug-likeness (QED) is 0.327. The van der Waals surface area contributed by atoms with E-state index in [2.05, 4.69) is 15.9 Å². The van der Waals surface area contributed by atoms with Gasteiger partial charge < -0.3 is 9.84 Å². The number of ether oxygens (including phenoxy) is 1. The maximum absolute atomic E-state index is 13.7. The summed E-state index contributed by atoms with van der Waals surface area (Å²) < 4.78 is 5.48. The van der Waals surface area contributed by atoms with E-state index in [0.717, 1.165) is 10.5 Å². The molecule has 3 aliphatic carbocycles. The molecule has 1 saturated heterocycles. The number of allylic oxidation sites excluding steroid dienone is 6. The molecule has 188 valence electrons. The SMILES string of the molecule is COc1cccc([C@H]2C3=CC[C@@H]4C(=O)N(Cc5cccs5)C(=O)[C@@H]4[C@@H]3CC3=C2C(=O)C=C(Br)C3=O)c1O. The first-order valence-corrected chi connectivity index (χ1v) is 13.6. The highest BCUT2D eigenvalue weighted by Gasteiger charge is 2.56. The predicted molar refractivity (Wildman–Crippen MR) is 139 cm³/mol. The Balaban J connectivity index is 1.48. The van der Waals surface area contributed by atoms with Crippen LogP contribution in [0.4, 0.5) is 0 Å². The highest BCUT2D eigenvalue weighted by molar-refractivity contribution is 9.12. The summed E-state index contributed by atoms with van der Waals surface area (Å²) in [5, 5.41) is 13.0. The maximum Gasteiger partial charge on any atom is 0.234 e. The minimum Gasteiger partial charge on any atom is -0.504 e. The van der Waals surface area contributed by atoms with Crippen LogP contribution in [0.2, 0.25) is 0 Å². The highest BCUT2D eigenvalue weighted by Crippen LogP contribution is 2.57. The minimum atomic E-state index is -0.729. The van der Waals surface area contributed by atoms with Crippen molar-refractivity contribution in [3.63, 3.8) is 0 Å². The minimum absolute atomic E-state index is 0.118. The van der Waals surface area contributed by atoms with Crippen molar-refractivity contribution >= 4 is 50.6 Å². The van der Waals surface area contributed by atoms with Crippen LogP contribution in [0.25, 0.3) is 0 Å². The number of thiophene rings is 1. The molecule has 2 heterocycles. The van der Waals surface area contributed by atoms with E-state index >= 15 is 0 Å². The first-order valence-electron chi connectivity index (χ1n) is 11.9. The third kappa shape index (κ3) is 3.59. The Hall–Kier alpha value is -3.30. The molecular weight excluding hydrogens is 558 g/mol. The molecule has 37 heavy (non-hydrogen) atoms. The number of phenolic OH excluding ortho intramolecular Hbond substituents is 1. The number of ketones is 2. The van der Waals surface area contributed by atoms with E-state index in [9.17, 15) is 24.3 Å². The fourth-order valence-corrected chi connectivity index (χ4v) is 7.42. The average molecular weight is 580 g/mol. The van der Waals surface area contributed by atoms with Gasteiger partial charge in [-0.1, -0.05) is 29.8 Å². The van der Waals surface area contributed by atoms with Crippen molar-refractivity contribution in [3.05, 3.63) is 79.5 Å². The van der Waals surface area contributed by atoms with E-state index < -0.39 is 23.7 Å². The van der Waals surface area contributed by atoms with Crippen molar-refractivity contribution in [2.24, 2.45) is 17.8 Å². The van der Waals surface area contributed by atoms with Gasteiger partial charge in [0.05, 0.1) is 30.0 Å². The summed E-state index contributed by atoms with van der Waals surface area (Å²) in [6.07, 6.45) is 3.74. The third-order valence-electron chi connectivity index (χ3n) is 7.88. The van der Waals surface area contributed by atoms with Crippen LogP contribution in [0, 0.1) is 17.8 Å². The van der Waals surface area contributed by atoms with Crippen molar-refractivity contribution < 1.29 is 29.0 Å². The monoisotopic (exact) mass is 579 g/mol.